The molecule has 1 aliphatic rings. The van der Waals surface area contributed by atoms with Gasteiger partial charge in [0, 0.05) is 57.6 Å². The van der Waals surface area contributed by atoms with E-state index in [1.165, 1.54) is 0 Å². The third kappa shape index (κ3) is 5.77. The van der Waals surface area contributed by atoms with Gasteiger partial charge in [-0.15, -0.1) is 0 Å². The standard InChI is InChI=1S/C39H39N3O5S/c1-24-5-13-31(14-6-24)48(44,45)42-23-39(27-9-7-26(8-10-27)25(2)43)20-28(39)17-32(35-21-40-37-15-11-29(46-3)18-33(35)37)36-22-41-38-16-12-30(47-4)19-34(36)38/h5-16,18-19,21-22,28,32,40-42H,17,20,23H2,1-4H3. The van der Waals surface area contributed by atoms with Crippen LogP contribution in [0.2, 0.25) is 0 Å². The van der Waals surface area contributed by atoms with Gasteiger partial charge in [0.2, 0.25) is 10.0 Å². The Morgan fingerprint density at radius 2 is 1.42 bits per heavy atom. The van der Waals surface area contributed by atoms with Gasteiger partial charge < -0.3 is 19.4 Å². The summed E-state index contributed by atoms with van der Waals surface area (Å²) in [4.78, 5) is 19.3. The molecule has 0 aliphatic heterocycles. The van der Waals surface area contributed by atoms with E-state index in [-0.39, 0.29) is 29.1 Å². The van der Waals surface area contributed by atoms with E-state index in [1.807, 2.05) is 67.6 Å². The molecule has 9 heteroatoms. The maximum absolute atomic E-state index is 13.5. The third-order valence-corrected chi connectivity index (χ3v) is 11.5. The van der Waals surface area contributed by atoms with Gasteiger partial charge in [0.1, 0.15) is 11.5 Å². The van der Waals surface area contributed by atoms with Crippen LogP contribution in [0.3, 0.4) is 0 Å². The molecule has 3 N–H and O–H groups in total. The zero-order valence-electron chi connectivity index (χ0n) is 27.5. The number of methoxy groups -OCH3 is 2. The highest BCUT2D eigenvalue weighted by Crippen LogP contribution is 2.59. The molecule has 1 saturated carbocycles. The molecule has 0 bridgehead atoms. The van der Waals surface area contributed by atoms with Crippen molar-refractivity contribution in [3.63, 3.8) is 0 Å². The van der Waals surface area contributed by atoms with Crippen molar-refractivity contribution < 1.29 is 22.7 Å². The molecule has 6 aromatic rings. The number of hydrogen-bond donors (Lipinski definition) is 3. The van der Waals surface area contributed by atoms with Gasteiger partial charge in [0.05, 0.1) is 19.1 Å². The predicted octanol–water partition coefficient (Wildman–Crippen LogP) is 7.64. The van der Waals surface area contributed by atoms with Crippen molar-refractivity contribution in [1.82, 2.24) is 14.7 Å². The summed E-state index contributed by atoms with van der Waals surface area (Å²) in [5.41, 5.74) is 6.49. The molecule has 0 spiro atoms. The molecule has 2 heterocycles. The lowest BCUT2D eigenvalue weighted by Gasteiger charge is -2.23. The number of carbonyl (C=O) groups excluding carboxylic acids is 1. The lowest BCUT2D eigenvalue weighted by molar-refractivity contribution is 0.101. The molecule has 7 rings (SSSR count). The van der Waals surface area contributed by atoms with Crippen molar-refractivity contribution in [3.05, 3.63) is 125 Å². The Bertz CT molecular complexity index is 2150. The number of hydrogen-bond acceptors (Lipinski definition) is 5. The van der Waals surface area contributed by atoms with Crippen LogP contribution in [-0.4, -0.2) is 44.9 Å². The molecule has 2 atom stereocenters. The first-order valence-electron chi connectivity index (χ1n) is 16.1. The number of rotatable bonds is 12. The number of aromatic nitrogens is 2. The highest BCUT2D eigenvalue weighted by Gasteiger charge is 2.56. The maximum atomic E-state index is 13.5. The number of Topliss-reactive ketones (excluding diaryl/α,β-unsaturated/α-hetero) is 1. The van der Waals surface area contributed by atoms with Crippen LogP contribution in [0.5, 0.6) is 11.5 Å². The largest absolute Gasteiger partial charge is 0.497 e. The summed E-state index contributed by atoms with van der Waals surface area (Å²) >= 11 is 0. The molecule has 8 nitrogen and oxygen atoms in total. The van der Waals surface area contributed by atoms with Gasteiger partial charge in [-0.05, 0) is 97.8 Å². The minimum Gasteiger partial charge on any atom is -0.497 e. The lowest BCUT2D eigenvalue weighted by atomic mass is 9.83. The fourth-order valence-electron chi connectivity index (χ4n) is 7.20. The van der Waals surface area contributed by atoms with E-state index in [1.54, 1.807) is 33.3 Å². The van der Waals surface area contributed by atoms with Crippen LogP contribution >= 0.6 is 0 Å². The van der Waals surface area contributed by atoms with Crippen molar-refractivity contribution in [2.45, 2.75) is 42.9 Å². The maximum Gasteiger partial charge on any atom is 0.240 e. The van der Waals surface area contributed by atoms with E-state index in [4.69, 9.17) is 9.47 Å². The summed E-state index contributed by atoms with van der Waals surface area (Å²) in [7, 11) is -0.411. The minimum atomic E-state index is -3.75. The van der Waals surface area contributed by atoms with E-state index < -0.39 is 15.4 Å². The fraction of sp³-hybridized carbons (Fsp3) is 0.256. The summed E-state index contributed by atoms with van der Waals surface area (Å²) in [6.45, 7) is 3.73. The van der Waals surface area contributed by atoms with Crippen molar-refractivity contribution in [2.75, 3.05) is 20.8 Å². The Morgan fingerprint density at radius 3 is 1.94 bits per heavy atom. The van der Waals surface area contributed by atoms with Crippen LogP contribution in [-0.2, 0) is 15.4 Å². The van der Waals surface area contributed by atoms with Crippen molar-refractivity contribution in [1.29, 1.82) is 0 Å². The zero-order chi connectivity index (χ0) is 33.6. The Labute approximate surface area is 280 Å². The summed E-state index contributed by atoms with van der Waals surface area (Å²) in [5.74, 6) is 1.65. The predicted molar refractivity (Wildman–Crippen MR) is 189 cm³/mol. The van der Waals surface area contributed by atoms with Gasteiger partial charge in [0.25, 0.3) is 0 Å². The summed E-state index contributed by atoms with van der Waals surface area (Å²) < 4.78 is 41.2. The van der Waals surface area contributed by atoms with Gasteiger partial charge in [-0.2, -0.15) is 0 Å². The van der Waals surface area contributed by atoms with Crippen molar-refractivity contribution >= 4 is 37.6 Å². The number of aromatic amines is 2. The molecule has 48 heavy (non-hydrogen) atoms. The Hall–Kier alpha value is -4.86. The number of H-pyrrole nitrogens is 2. The third-order valence-electron chi connectivity index (χ3n) is 10.1. The molecule has 0 radical (unpaired) electrons. The van der Waals surface area contributed by atoms with Crippen LogP contribution in [0, 0.1) is 12.8 Å². The van der Waals surface area contributed by atoms with E-state index in [0.29, 0.717) is 5.56 Å². The van der Waals surface area contributed by atoms with E-state index in [0.717, 1.165) is 68.4 Å². The molecule has 0 saturated heterocycles. The number of sulfonamides is 1. The monoisotopic (exact) mass is 661 g/mol. The lowest BCUT2D eigenvalue weighted by Crippen LogP contribution is -2.33. The highest BCUT2D eigenvalue weighted by atomic mass is 32.2. The van der Waals surface area contributed by atoms with Crippen molar-refractivity contribution in [2.24, 2.45) is 5.92 Å². The summed E-state index contributed by atoms with van der Waals surface area (Å²) in [6.07, 6.45) is 5.71. The van der Waals surface area contributed by atoms with Crippen LogP contribution < -0.4 is 14.2 Å². The number of fused-ring (bicyclic) bond motifs is 2. The first kappa shape index (κ1) is 31.7. The first-order valence-corrected chi connectivity index (χ1v) is 17.6. The van der Waals surface area contributed by atoms with Gasteiger partial charge in [0.15, 0.2) is 5.78 Å². The SMILES string of the molecule is COc1ccc2[nH]cc(C(CC3CC3(CNS(=O)(=O)c3ccc(C)cc3)c3ccc(C(C)=O)cc3)c3c[nH]c4ccc(OC)cc34)c2c1. The number of carbonyl (C=O) groups is 1. The number of benzene rings is 4. The molecule has 2 aromatic heterocycles. The second-order valence-corrected chi connectivity index (χ2v) is 14.7. The normalized spacial score (nSPS) is 17.6. The average Bonchev–Trinajstić information content (AvgIpc) is 3.40. The van der Waals surface area contributed by atoms with E-state index in [2.05, 4.69) is 39.2 Å². The van der Waals surface area contributed by atoms with Gasteiger partial charge >= 0.3 is 0 Å². The highest BCUT2D eigenvalue weighted by molar-refractivity contribution is 7.89. The molecule has 4 aromatic carbocycles. The molecule has 0 amide bonds. The smallest absolute Gasteiger partial charge is 0.240 e. The second kappa shape index (κ2) is 12.3. The molecular formula is C39H39N3O5S. The van der Waals surface area contributed by atoms with Crippen LogP contribution in [0.25, 0.3) is 21.8 Å². The Kier molecular flexibility index (Phi) is 8.13. The second-order valence-electron chi connectivity index (χ2n) is 12.9. The van der Waals surface area contributed by atoms with Crippen LogP contribution in [0.15, 0.2) is 102 Å². The Balaban J connectivity index is 1.30. The minimum absolute atomic E-state index is 0.00684. The van der Waals surface area contributed by atoms with E-state index >= 15 is 0 Å². The topological polar surface area (TPSA) is 113 Å². The zero-order valence-corrected chi connectivity index (χ0v) is 28.3. The number of aryl methyl sites for hydroxylation is 1. The Morgan fingerprint density at radius 1 is 0.854 bits per heavy atom. The number of ketones is 1. The average molecular weight is 662 g/mol. The van der Waals surface area contributed by atoms with Crippen molar-refractivity contribution in [3.8, 4) is 11.5 Å². The molecule has 246 valence electrons. The van der Waals surface area contributed by atoms with Gasteiger partial charge in [-0.1, -0.05) is 42.0 Å². The first-order chi connectivity index (χ1) is 23.1. The van der Waals surface area contributed by atoms with E-state index in [9.17, 15) is 13.2 Å². The fourth-order valence-corrected chi connectivity index (χ4v) is 8.31. The summed E-state index contributed by atoms with van der Waals surface area (Å²) in [5, 5.41) is 2.16. The van der Waals surface area contributed by atoms with Gasteiger partial charge in [-0.3, -0.25) is 4.79 Å². The molecular weight excluding hydrogens is 623 g/mol. The summed E-state index contributed by atoms with van der Waals surface area (Å²) in [6, 6.07) is 26.7. The quantitative estimate of drug-likeness (QED) is 0.117. The van der Waals surface area contributed by atoms with Gasteiger partial charge in [-0.25, -0.2) is 13.1 Å². The molecule has 1 aliphatic carbocycles. The van der Waals surface area contributed by atoms with Crippen LogP contribution in [0.1, 0.15) is 58.3 Å². The number of ether oxygens (including phenoxy) is 2. The molecule has 1 fully saturated rings. The van der Waals surface area contributed by atoms with Crippen LogP contribution in [0.4, 0.5) is 0 Å². The molecule has 2 unspecified atom stereocenters. The number of nitrogens with one attached hydrogen (secondary N) is 3.